The van der Waals surface area contributed by atoms with E-state index in [1.165, 1.54) is 61.9 Å². The SMILES string of the molecule is C=C(Nc1ccc(OC(F)(F)F)cc1)N(Cc1ccc(C(=O)NCCC(=O)O)cc1)c1ccc(C2CCCCC2)cc1. The molecule has 3 aromatic rings. The molecule has 1 saturated carbocycles. The number of hydrogen-bond acceptors (Lipinski definition) is 5. The zero-order chi connectivity index (χ0) is 30.1. The Hall–Kier alpha value is -4.47. The summed E-state index contributed by atoms with van der Waals surface area (Å²) in [6.07, 6.45) is 1.18. The first-order valence-electron chi connectivity index (χ1n) is 13.9. The number of hydrogen-bond donors (Lipinski definition) is 3. The Kier molecular flexibility index (Phi) is 10.1. The molecule has 1 amide bonds. The Labute approximate surface area is 243 Å². The number of nitrogens with zero attached hydrogens (tertiary/aromatic N) is 1. The van der Waals surface area contributed by atoms with Crippen LogP contribution in [0.25, 0.3) is 0 Å². The third-order valence-electron chi connectivity index (χ3n) is 7.16. The third-order valence-corrected chi connectivity index (χ3v) is 7.16. The fraction of sp³-hybridized carbons (Fsp3) is 0.312. The van der Waals surface area contributed by atoms with E-state index < -0.39 is 12.3 Å². The standard InChI is InChI=1S/C32H34F3N3O4/c1-22(37-27-13-17-29(18-14-27)42-32(33,34)35)38(28-15-11-25(12-16-28)24-5-3-2-4-6-24)21-23-7-9-26(10-8-23)31(41)36-20-19-30(39)40/h7-18,24,37H,1-6,19-21H2,(H,36,41)(H,39,40). The van der Waals surface area contributed by atoms with Gasteiger partial charge in [-0.05, 0) is 78.4 Å². The number of alkyl halides is 3. The van der Waals surface area contributed by atoms with E-state index in [0.29, 0.717) is 29.5 Å². The maximum atomic E-state index is 12.6. The highest BCUT2D eigenvalue weighted by molar-refractivity contribution is 5.94. The molecule has 42 heavy (non-hydrogen) atoms. The molecule has 0 aromatic heterocycles. The molecular weight excluding hydrogens is 547 g/mol. The quantitative estimate of drug-likeness (QED) is 0.206. The number of carbonyl (C=O) groups is 2. The number of carbonyl (C=O) groups excluding carboxylic acids is 1. The molecule has 0 saturated heterocycles. The average Bonchev–Trinajstić information content (AvgIpc) is 2.97. The number of benzene rings is 3. The predicted molar refractivity (Wildman–Crippen MR) is 155 cm³/mol. The van der Waals surface area contributed by atoms with Crippen molar-refractivity contribution in [2.24, 2.45) is 0 Å². The van der Waals surface area contributed by atoms with Crippen LogP contribution >= 0.6 is 0 Å². The highest BCUT2D eigenvalue weighted by Gasteiger charge is 2.31. The molecule has 1 aliphatic rings. The Morgan fingerprint density at radius 2 is 1.57 bits per heavy atom. The van der Waals surface area contributed by atoms with Crippen LogP contribution in [-0.2, 0) is 11.3 Å². The molecule has 0 aliphatic heterocycles. The maximum absolute atomic E-state index is 12.6. The average molecular weight is 582 g/mol. The smallest absolute Gasteiger partial charge is 0.481 e. The molecule has 0 unspecified atom stereocenters. The van der Waals surface area contributed by atoms with Gasteiger partial charge in [-0.1, -0.05) is 50.1 Å². The lowest BCUT2D eigenvalue weighted by Gasteiger charge is -2.29. The number of ether oxygens (including phenoxy) is 1. The molecular formula is C32H34F3N3O4. The molecule has 1 fully saturated rings. The van der Waals surface area contributed by atoms with Gasteiger partial charge in [0.25, 0.3) is 5.91 Å². The highest BCUT2D eigenvalue weighted by Crippen LogP contribution is 2.34. The van der Waals surface area contributed by atoms with Crippen molar-refractivity contribution in [1.82, 2.24) is 5.32 Å². The number of amides is 1. The third kappa shape index (κ3) is 9.02. The molecule has 222 valence electrons. The number of rotatable bonds is 12. The van der Waals surface area contributed by atoms with Crippen LogP contribution in [-0.4, -0.2) is 29.9 Å². The normalized spacial score (nSPS) is 13.7. The molecule has 0 atom stereocenters. The summed E-state index contributed by atoms with van der Waals surface area (Å²) < 4.78 is 41.6. The van der Waals surface area contributed by atoms with Crippen LogP contribution in [0.3, 0.4) is 0 Å². The van der Waals surface area contributed by atoms with Gasteiger partial charge in [0.05, 0.1) is 6.42 Å². The van der Waals surface area contributed by atoms with Crippen molar-refractivity contribution in [3.63, 3.8) is 0 Å². The van der Waals surface area contributed by atoms with E-state index in [2.05, 4.69) is 34.1 Å². The second kappa shape index (κ2) is 13.9. The van der Waals surface area contributed by atoms with Gasteiger partial charge < -0.3 is 25.4 Å². The van der Waals surface area contributed by atoms with Crippen LogP contribution in [0.5, 0.6) is 5.75 Å². The van der Waals surface area contributed by atoms with Crippen LogP contribution in [0.2, 0.25) is 0 Å². The molecule has 7 nitrogen and oxygen atoms in total. The summed E-state index contributed by atoms with van der Waals surface area (Å²) in [6, 6.07) is 20.7. The molecule has 4 rings (SSSR count). The number of aliphatic carboxylic acids is 1. The molecule has 0 heterocycles. The summed E-state index contributed by atoms with van der Waals surface area (Å²) in [7, 11) is 0. The lowest BCUT2D eigenvalue weighted by Crippen LogP contribution is -2.27. The van der Waals surface area contributed by atoms with E-state index >= 15 is 0 Å². The molecule has 10 heteroatoms. The van der Waals surface area contributed by atoms with Crippen molar-refractivity contribution >= 4 is 23.3 Å². The van der Waals surface area contributed by atoms with Gasteiger partial charge >= 0.3 is 12.3 Å². The first-order chi connectivity index (χ1) is 20.1. The van der Waals surface area contributed by atoms with E-state index in [9.17, 15) is 22.8 Å². The van der Waals surface area contributed by atoms with E-state index in [1.54, 1.807) is 12.1 Å². The summed E-state index contributed by atoms with van der Waals surface area (Å²) >= 11 is 0. The highest BCUT2D eigenvalue weighted by atomic mass is 19.4. The molecule has 0 spiro atoms. The van der Waals surface area contributed by atoms with Crippen molar-refractivity contribution in [2.45, 2.75) is 57.3 Å². The van der Waals surface area contributed by atoms with Gasteiger partial charge in [-0.3, -0.25) is 9.59 Å². The number of nitrogens with one attached hydrogen (secondary N) is 2. The minimum atomic E-state index is -4.77. The molecule has 0 bridgehead atoms. The van der Waals surface area contributed by atoms with Crippen molar-refractivity contribution < 1.29 is 32.6 Å². The van der Waals surface area contributed by atoms with Crippen molar-refractivity contribution in [1.29, 1.82) is 0 Å². The fourth-order valence-corrected chi connectivity index (χ4v) is 5.01. The van der Waals surface area contributed by atoms with Gasteiger partial charge in [0.2, 0.25) is 0 Å². The molecule has 0 radical (unpaired) electrons. The number of anilines is 2. The molecule has 3 aromatic carbocycles. The minimum absolute atomic E-state index is 0.0371. The summed E-state index contributed by atoms with van der Waals surface area (Å²) in [6.45, 7) is 4.63. The Bertz CT molecular complexity index is 1350. The van der Waals surface area contributed by atoms with E-state index in [-0.39, 0.29) is 24.6 Å². The summed E-state index contributed by atoms with van der Waals surface area (Å²) in [5.74, 6) is -0.616. The minimum Gasteiger partial charge on any atom is -0.481 e. The van der Waals surface area contributed by atoms with Gasteiger partial charge in [0.15, 0.2) is 0 Å². The van der Waals surface area contributed by atoms with Gasteiger partial charge in [0.1, 0.15) is 11.6 Å². The Morgan fingerprint density at radius 3 is 2.17 bits per heavy atom. The van der Waals surface area contributed by atoms with Gasteiger partial charge in [-0.15, -0.1) is 13.2 Å². The van der Waals surface area contributed by atoms with Crippen LogP contribution in [0.4, 0.5) is 24.5 Å². The van der Waals surface area contributed by atoms with Crippen LogP contribution in [0.15, 0.2) is 85.2 Å². The van der Waals surface area contributed by atoms with E-state index in [0.717, 1.165) is 11.3 Å². The van der Waals surface area contributed by atoms with Crippen LogP contribution < -0.4 is 20.3 Å². The lowest BCUT2D eigenvalue weighted by molar-refractivity contribution is -0.274. The van der Waals surface area contributed by atoms with E-state index in [1.807, 2.05) is 29.2 Å². The van der Waals surface area contributed by atoms with Crippen molar-refractivity contribution in [3.8, 4) is 5.75 Å². The van der Waals surface area contributed by atoms with Crippen LogP contribution in [0, 0.1) is 0 Å². The fourth-order valence-electron chi connectivity index (χ4n) is 5.01. The van der Waals surface area contributed by atoms with E-state index in [4.69, 9.17) is 5.11 Å². The second-order valence-corrected chi connectivity index (χ2v) is 10.3. The monoisotopic (exact) mass is 581 g/mol. The summed E-state index contributed by atoms with van der Waals surface area (Å²) in [5, 5.41) is 14.5. The van der Waals surface area contributed by atoms with Gasteiger partial charge in [-0.25, -0.2) is 0 Å². The molecule has 1 aliphatic carbocycles. The first-order valence-corrected chi connectivity index (χ1v) is 13.9. The first kappa shape index (κ1) is 30.5. The summed E-state index contributed by atoms with van der Waals surface area (Å²) in [4.78, 5) is 25.0. The summed E-state index contributed by atoms with van der Waals surface area (Å²) in [5.41, 5.74) is 4.00. The lowest BCUT2D eigenvalue weighted by atomic mass is 9.84. The Morgan fingerprint density at radius 1 is 0.929 bits per heavy atom. The zero-order valence-electron chi connectivity index (χ0n) is 23.1. The predicted octanol–water partition coefficient (Wildman–Crippen LogP) is 7.43. The molecule has 3 N–H and O–H groups in total. The number of carboxylic acids is 1. The second-order valence-electron chi connectivity index (χ2n) is 10.3. The largest absolute Gasteiger partial charge is 0.573 e. The van der Waals surface area contributed by atoms with Crippen molar-refractivity contribution in [3.05, 3.63) is 102 Å². The van der Waals surface area contributed by atoms with Crippen molar-refractivity contribution in [2.75, 3.05) is 16.8 Å². The topological polar surface area (TPSA) is 90.9 Å². The number of halogens is 3. The van der Waals surface area contributed by atoms with Crippen LogP contribution in [0.1, 0.15) is 65.9 Å². The van der Waals surface area contributed by atoms with Gasteiger partial charge in [-0.2, -0.15) is 0 Å². The zero-order valence-corrected chi connectivity index (χ0v) is 23.1. The maximum Gasteiger partial charge on any atom is 0.573 e. The number of carboxylic acid groups (broad SMARTS) is 1. The Balaban J connectivity index is 1.50. The van der Waals surface area contributed by atoms with Gasteiger partial charge in [0, 0.05) is 30.0 Å².